The number of ether oxygens (including phenoxy) is 3. The molecule has 1 N–H and O–H groups in total. The van der Waals surface area contributed by atoms with Crippen LogP contribution in [-0.2, 0) is 19.1 Å². The van der Waals surface area contributed by atoms with Crippen LogP contribution in [0.5, 0.6) is 11.5 Å². The van der Waals surface area contributed by atoms with Crippen LogP contribution < -0.4 is 19.7 Å². The summed E-state index contributed by atoms with van der Waals surface area (Å²) in [7, 11) is 3.00. The van der Waals surface area contributed by atoms with Gasteiger partial charge in [0.1, 0.15) is 11.5 Å². The quantitative estimate of drug-likeness (QED) is 0.685. The first-order valence-corrected chi connectivity index (χ1v) is 9.88. The summed E-state index contributed by atoms with van der Waals surface area (Å²) in [5, 5.41) is 2.64. The second kappa shape index (κ2) is 9.51. The standard InChI is InChI=1S/C23H26N2O6/c1-14-7-15(2)9-17(8-14)25-12-16(10-22(25)27)23(28)31-13-21(26)24-19-11-18(29-3)5-6-20(19)30-4/h5-9,11,16H,10,12-13H2,1-4H3,(H,24,26)/t16-/m0/s1. The molecule has 164 valence electrons. The second-order valence-electron chi connectivity index (χ2n) is 7.47. The van der Waals surface area contributed by atoms with E-state index in [1.54, 1.807) is 23.1 Å². The van der Waals surface area contributed by atoms with Crippen molar-refractivity contribution in [2.45, 2.75) is 20.3 Å². The molecule has 0 bridgehead atoms. The maximum absolute atomic E-state index is 12.5. The summed E-state index contributed by atoms with van der Waals surface area (Å²) in [5.41, 5.74) is 3.25. The molecule has 1 aliphatic heterocycles. The van der Waals surface area contributed by atoms with Gasteiger partial charge in [-0.2, -0.15) is 0 Å². The lowest BCUT2D eigenvalue weighted by Crippen LogP contribution is -2.28. The Hall–Kier alpha value is -3.55. The Kier molecular flexibility index (Phi) is 6.79. The van der Waals surface area contributed by atoms with Gasteiger partial charge < -0.3 is 24.4 Å². The molecule has 0 radical (unpaired) electrons. The number of hydrogen-bond donors (Lipinski definition) is 1. The Labute approximate surface area is 181 Å². The van der Waals surface area contributed by atoms with E-state index in [0.717, 1.165) is 16.8 Å². The number of amides is 2. The van der Waals surface area contributed by atoms with Gasteiger partial charge >= 0.3 is 5.97 Å². The van der Waals surface area contributed by atoms with Gasteiger partial charge in [-0.15, -0.1) is 0 Å². The highest BCUT2D eigenvalue weighted by Gasteiger charge is 2.36. The number of nitrogens with zero attached hydrogens (tertiary/aromatic N) is 1. The number of nitrogens with one attached hydrogen (secondary N) is 1. The topological polar surface area (TPSA) is 94.2 Å². The zero-order valence-electron chi connectivity index (χ0n) is 18.1. The highest BCUT2D eigenvalue weighted by Crippen LogP contribution is 2.29. The average Bonchev–Trinajstić information content (AvgIpc) is 3.13. The molecule has 0 saturated carbocycles. The van der Waals surface area contributed by atoms with Crippen molar-refractivity contribution in [1.29, 1.82) is 0 Å². The summed E-state index contributed by atoms with van der Waals surface area (Å²) in [4.78, 5) is 38.7. The lowest BCUT2D eigenvalue weighted by molar-refractivity contribution is -0.151. The third kappa shape index (κ3) is 5.33. The molecule has 1 atom stereocenters. The summed E-state index contributed by atoms with van der Waals surface area (Å²) < 4.78 is 15.5. The molecule has 1 aliphatic rings. The van der Waals surface area contributed by atoms with Gasteiger partial charge in [-0.05, 0) is 49.2 Å². The van der Waals surface area contributed by atoms with E-state index < -0.39 is 24.4 Å². The summed E-state index contributed by atoms with van der Waals surface area (Å²) in [6, 6.07) is 10.8. The molecule has 8 nitrogen and oxygen atoms in total. The van der Waals surface area contributed by atoms with Crippen molar-refractivity contribution < 1.29 is 28.6 Å². The van der Waals surface area contributed by atoms with Crippen LogP contribution in [0.1, 0.15) is 17.5 Å². The van der Waals surface area contributed by atoms with Gasteiger partial charge in [0.25, 0.3) is 5.91 Å². The first-order chi connectivity index (χ1) is 14.8. The minimum Gasteiger partial charge on any atom is -0.497 e. The van der Waals surface area contributed by atoms with E-state index in [4.69, 9.17) is 14.2 Å². The number of carbonyl (C=O) groups excluding carboxylic acids is 3. The van der Waals surface area contributed by atoms with Crippen molar-refractivity contribution in [3.05, 3.63) is 47.5 Å². The van der Waals surface area contributed by atoms with E-state index in [2.05, 4.69) is 5.32 Å². The van der Waals surface area contributed by atoms with E-state index in [1.807, 2.05) is 32.0 Å². The molecule has 0 unspecified atom stereocenters. The Morgan fingerprint density at radius 2 is 1.77 bits per heavy atom. The fourth-order valence-electron chi connectivity index (χ4n) is 3.57. The van der Waals surface area contributed by atoms with Gasteiger partial charge in [0.05, 0.1) is 25.8 Å². The summed E-state index contributed by atoms with van der Waals surface area (Å²) in [5.74, 6) is -0.858. The van der Waals surface area contributed by atoms with Crippen LogP contribution in [0.15, 0.2) is 36.4 Å². The number of anilines is 2. The lowest BCUT2D eigenvalue weighted by Gasteiger charge is -2.18. The SMILES string of the molecule is COc1ccc(OC)c(NC(=O)COC(=O)[C@H]2CC(=O)N(c3cc(C)cc(C)c3)C2)c1. The van der Waals surface area contributed by atoms with Crippen molar-refractivity contribution in [3.63, 3.8) is 0 Å². The minimum absolute atomic E-state index is 0.0527. The molecular formula is C23H26N2O6. The van der Waals surface area contributed by atoms with Crippen molar-refractivity contribution in [3.8, 4) is 11.5 Å². The monoisotopic (exact) mass is 426 g/mol. The summed E-state index contributed by atoms with van der Waals surface area (Å²) in [6.45, 7) is 3.68. The van der Waals surface area contributed by atoms with E-state index >= 15 is 0 Å². The normalized spacial score (nSPS) is 15.5. The zero-order valence-corrected chi connectivity index (χ0v) is 18.1. The van der Waals surface area contributed by atoms with E-state index in [-0.39, 0.29) is 18.9 Å². The van der Waals surface area contributed by atoms with Gasteiger partial charge in [-0.25, -0.2) is 0 Å². The molecule has 8 heteroatoms. The molecule has 2 amide bonds. The third-order valence-electron chi connectivity index (χ3n) is 5.00. The van der Waals surface area contributed by atoms with Gasteiger partial charge in [0, 0.05) is 24.7 Å². The fraction of sp³-hybridized carbons (Fsp3) is 0.348. The van der Waals surface area contributed by atoms with Crippen LogP contribution in [0.25, 0.3) is 0 Å². The Morgan fingerprint density at radius 1 is 1.06 bits per heavy atom. The number of hydrogen-bond acceptors (Lipinski definition) is 6. The van der Waals surface area contributed by atoms with Gasteiger partial charge in [-0.1, -0.05) is 6.07 Å². The molecule has 0 aromatic heterocycles. The van der Waals surface area contributed by atoms with Crippen LogP contribution in [-0.4, -0.2) is 45.2 Å². The van der Waals surface area contributed by atoms with Gasteiger partial charge in [0.2, 0.25) is 5.91 Å². The number of rotatable bonds is 7. The largest absolute Gasteiger partial charge is 0.497 e. The maximum Gasteiger partial charge on any atom is 0.311 e. The molecular weight excluding hydrogens is 400 g/mol. The summed E-state index contributed by atoms with van der Waals surface area (Å²) >= 11 is 0. The van der Waals surface area contributed by atoms with Crippen molar-refractivity contribution >= 4 is 29.2 Å². The Morgan fingerprint density at radius 3 is 2.42 bits per heavy atom. The Bertz CT molecular complexity index is 983. The second-order valence-corrected chi connectivity index (χ2v) is 7.47. The van der Waals surface area contributed by atoms with Crippen molar-refractivity contribution in [2.24, 2.45) is 5.92 Å². The fourth-order valence-corrected chi connectivity index (χ4v) is 3.57. The average molecular weight is 426 g/mol. The smallest absolute Gasteiger partial charge is 0.311 e. The van der Waals surface area contributed by atoms with Crippen LogP contribution in [0.2, 0.25) is 0 Å². The minimum atomic E-state index is -0.618. The third-order valence-corrected chi connectivity index (χ3v) is 5.00. The number of carbonyl (C=O) groups is 3. The molecule has 2 aromatic carbocycles. The van der Waals surface area contributed by atoms with E-state index in [9.17, 15) is 14.4 Å². The van der Waals surface area contributed by atoms with Gasteiger partial charge in [0.15, 0.2) is 6.61 Å². The molecule has 1 heterocycles. The highest BCUT2D eigenvalue weighted by atomic mass is 16.5. The van der Waals surface area contributed by atoms with E-state index in [1.165, 1.54) is 14.2 Å². The molecule has 31 heavy (non-hydrogen) atoms. The molecule has 2 aromatic rings. The molecule has 1 fully saturated rings. The first-order valence-electron chi connectivity index (χ1n) is 9.88. The number of benzene rings is 2. The predicted octanol–water partition coefficient (Wildman–Crippen LogP) is 2.86. The predicted molar refractivity (Wildman–Crippen MR) is 116 cm³/mol. The maximum atomic E-state index is 12.5. The summed E-state index contributed by atoms with van der Waals surface area (Å²) in [6.07, 6.45) is 0.0527. The van der Waals surface area contributed by atoms with Crippen molar-refractivity contribution in [1.82, 2.24) is 0 Å². The Balaban J connectivity index is 1.57. The number of aryl methyl sites for hydroxylation is 2. The van der Waals surface area contributed by atoms with E-state index in [0.29, 0.717) is 17.2 Å². The van der Waals surface area contributed by atoms with Crippen LogP contribution in [0.3, 0.4) is 0 Å². The number of methoxy groups -OCH3 is 2. The van der Waals surface area contributed by atoms with Crippen molar-refractivity contribution in [2.75, 3.05) is 37.6 Å². The number of esters is 1. The van der Waals surface area contributed by atoms with Crippen LogP contribution in [0.4, 0.5) is 11.4 Å². The van der Waals surface area contributed by atoms with Gasteiger partial charge in [-0.3, -0.25) is 14.4 Å². The molecule has 0 aliphatic carbocycles. The molecule has 1 saturated heterocycles. The lowest BCUT2D eigenvalue weighted by atomic mass is 10.1. The molecule has 0 spiro atoms. The van der Waals surface area contributed by atoms with Crippen LogP contribution >= 0.6 is 0 Å². The molecule has 3 rings (SSSR count). The highest BCUT2D eigenvalue weighted by molar-refractivity contribution is 6.00. The van der Waals surface area contributed by atoms with Crippen LogP contribution in [0, 0.1) is 19.8 Å². The first kappa shape index (κ1) is 22.1. The zero-order chi connectivity index (χ0) is 22.5.